The van der Waals surface area contributed by atoms with Gasteiger partial charge < -0.3 is 9.47 Å². The predicted octanol–water partition coefficient (Wildman–Crippen LogP) is 6.56. The monoisotopic (exact) mass is 590 g/mol. The highest BCUT2D eigenvalue weighted by molar-refractivity contribution is 5.94. The molecule has 0 spiro atoms. The van der Waals surface area contributed by atoms with Crippen molar-refractivity contribution < 1.29 is 58.3 Å². The molecule has 2 rings (SSSR count). The van der Waals surface area contributed by atoms with E-state index in [0.717, 1.165) is 55.6 Å². The molecule has 0 aliphatic heterocycles. The number of unbranched alkanes of at least 4 members (excludes halogenated alkanes) is 1. The first-order valence-corrected chi connectivity index (χ1v) is 13.3. The molecule has 0 bridgehead atoms. The molecule has 2 aromatic carbocycles. The molecule has 0 fully saturated rings. The number of rotatable bonds is 11. The highest BCUT2D eigenvalue weighted by atomic mass is 17.5. The topological polar surface area (TPSA) is 142 Å². The number of ether oxygens (including phenoxy) is 2. The Balaban J connectivity index is 1.62. The molecule has 2 aromatic rings. The molecular formula is C30H38O12. The summed E-state index contributed by atoms with van der Waals surface area (Å²) in [6, 6.07) is 0. The van der Waals surface area contributed by atoms with Gasteiger partial charge in [-0.05, 0) is 138 Å². The molecule has 0 saturated carbocycles. The average molecular weight is 591 g/mol. The van der Waals surface area contributed by atoms with Gasteiger partial charge in [0.05, 0.1) is 34.4 Å². The lowest BCUT2D eigenvalue weighted by atomic mass is 9.90. The largest absolute Gasteiger partial charge is 0.543 e. The van der Waals surface area contributed by atoms with Gasteiger partial charge in [-0.25, -0.2) is 29.0 Å². The van der Waals surface area contributed by atoms with Gasteiger partial charge in [-0.2, -0.15) is 0 Å². The Bertz CT molecular complexity index is 1200. The third-order valence-electron chi connectivity index (χ3n) is 7.81. The molecule has 0 saturated heterocycles. The van der Waals surface area contributed by atoms with Crippen molar-refractivity contribution in [1.29, 1.82) is 0 Å². The summed E-state index contributed by atoms with van der Waals surface area (Å²) in [5.41, 5.74) is 9.57. The van der Waals surface area contributed by atoms with Gasteiger partial charge in [0.1, 0.15) is 0 Å². The maximum absolute atomic E-state index is 12.4. The number of hydrogen-bond acceptors (Lipinski definition) is 12. The molecule has 42 heavy (non-hydrogen) atoms. The molecule has 0 unspecified atom stereocenters. The van der Waals surface area contributed by atoms with Crippen LogP contribution in [0.25, 0.3) is 0 Å². The lowest BCUT2D eigenvalue weighted by Gasteiger charge is -2.16. The number of carbonyl (C=O) groups is 4. The smallest absolute Gasteiger partial charge is 0.432 e. The molecule has 0 heterocycles. The van der Waals surface area contributed by atoms with E-state index in [-0.39, 0.29) is 26.1 Å². The van der Waals surface area contributed by atoms with Crippen LogP contribution in [0.15, 0.2) is 0 Å². The minimum atomic E-state index is -1.23. The van der Waals surface area contributed by atoms with E-state index in [4.69, 9.17) is 9.47 Å². The minimum absolute atomic E-state index is 0.106. The van der Waals surface area contributed by atoms with Crippen molar-refractivity contribution in [1.82, 2.24) is 0 Å². The van der Waals surface area contributed by atoms with Gasteiger partial charge in [0.25, 0.3) is 0 Å². The molecule has 0 radical (unpaired) electrons. The summed E-state index contributed by atoms with van der Waals surface area (Å²) in [6.07, 6.45) is -1.90. The number of benzene rings is 2. The second kappa shape index (κ2) is 15.2. The van der Waals surface area contributed by atoms with Crippen LogP contribution in [-0.2, 0) is 39.1 Å². The minimum Gasteiger partial charge on any atom is -0.432 e. The quantitative estimate of drug-likeness (QED) is 0.121. The SMILES string of the molecule is Cc1c(C)c(C)c(C(=O)OOOC(=O)OCCCCOC(=O)OOOC(=O)c2c(C)c(C)c(C)c(C)c2C)c(C)c1C. The summed E-state index contributed by atoms with van der Waals surface area (Å²) in [6.45, 7) is 18.5. The van der Waals surface area contributed by atoms with Crippen LogP contribution < -0.4 is 0 Å². The standard InChI is InChI=1S/C30H38O12/c1-15-17(3)21(7)25(22(8)18(15)4)27(31)37-41-39-29(33)35-13-11-12-14-36-30(34)40-42-38-28(32)26-23(9)19(5)16(2)20(6)24(26)10/h11-14H2,1-10H3. The molecule has 230 valence electrons. The van der Waals surface area contributed by atoms with Crippen LogP contribution in [0.1, 0.15) is 89.2 Å². The van der Waals surface area contributed by atoms with Gasteiger partial charge in [0.15, 0.2) is 0 Å². The van der Waals surface area contributed by atoms with Crippen LogP contribution in [0.2, 0.25) is 0 Å². The summed E-state index contributed by atoms with van der Waals surface area (Å²) >= 11 is 0. The first-order chi connectivity index (χ1) is 19.7. The van der Waals surface area contributed by atoms with Gasteiger partial charge in [-0.15, -0.1) is 0 Å². The molecule has 0 amide bonds. The van der Waals surface area contributed by atoms with Crippen LogP contribution in [0.4, 0.5) is 9.59 Å². The highest BCUT2D eigenvalue weighted by Crippen LogP contribution is 2.28. The van der Waals surface area contributed by atoms with E-state index >= 15 is 0 Å². The Morgan fingerprint density at radius 3 is 0.952 bits per heavy atom. The third-order valence-corrected chi connectivity index (χ3v) is 7.81. The highest BCUT2D eigenvalue weighted by Gasteiger charge is 2.23. The van der Waals surface area contributed by atoms with Crippen molar-refractivity contribution in [3.63, 3.8) is 0 Å². The van der Waals surface area contributed by atoms with E-state index in [1.54, 1.807) is 27.7 Å². The third kappa shape index (κ3) is 8.20. The number of carbonyl (C=O) groups excluding carboxylic acids is 4. The summed E-state index contributed by atoms with van der Waals surface area (Å²) in [5, 5.41) is 8.59. The second-order valence-corrected chi connectivity index (χ2v) is 9.95. The van der Waals surface area contributed by atoms with Gasteiger partial charge in [-0.3, -0.25) is 9.78 Å². The van der Waals surface area contributed by atoms with Crippen LogP contribution >= 0.6 is 0 Å². The van der Waals surface area contributed by atoms with E-state index in [1.807, 2.05) is 41.5 Å². The molecular weight excluding hydrogens is 552 g/mol. The van der Waals surface area contributed by atoms with Gasteiger partial charge in [0.2, 0.25) is 0 Å². The van der Waals surface area contributed by atoms with E-state index in [2.05, 4.69) is 29.6 Å². The summed E-state index contributed by atoms with van der Waals surface area (Å²) in [5.74, 6) is -1.62. The maximum Gasteiger partial charge on any atom is 0.543 e. The van der Waals surface area contributed by atoms with E-state index in [0.29, 0.717) is 11.1 Å². The van der Waals surface area contributed by atoms with Crippen LogP contribution in [-0.4, -0.2) is 37.5 Å². The fraction of sp³-hybridized carbons (Fsp3) is 0.467. The maximum atomic E-state index is 12.4. The fourth-order valence-electron chi connectivity index (χ4n) is 4.41. The van der Waals surface area contributed by atoms with Crippen molar-refractivity contribution in [2.75, 3.05) is 13.2 Å². The zero-order valence-electron chi connectivity index (χ0n) is 25.7. The van der Waals surface area contributed by atoms with Crippen molar-refractivity contribution in [2.24, 2.45) is 0 Å². The molecule has 12 nitrogen and oxygen atoms in total. The Labute approximate surface area is 244 Å². The van der Waals surface area contributed by atoms with Gasteiger partial charge >= 0.3 is 24.2 Å². The first-order valence-electron chi connectivity index (χ1n) is 13.3. The van der Waals surface area contributed by atoms with Gasteiger partial charge in [-0.1, -0.05) is 0 Å². The molecule has 0 N–H and O–H groups in total. The van der Waals surface area contributed by atoms with Crippen LogP contribution in [0.5, 0.6) is 0 Å². The summed E-state index contributed by atoms with van der Waals surface area (Å²) in [7, 11) is 0. The number of hydrogen-bond donors (Lipinski definition) is 0. The molecule has 0 aromatic heterocycles. The zero-order valence-corrected chi connectivity index (χ0v) is 25.7. The first kappa shape index (κ1) is 34.0. The fourth-order valence-corrected chi connectivity index (χ4v) is 4.41. The molecule has 12 heteroatoms. The van der Waals surface area contributed by atoms with Crippen molar-refractivity contribution in [3.05, 3.63) is 66.8 Å². The Morgan fingerprint density at radius 2 is 0.667 bits per heavy atom. The predicted molar refractivity (Wildman–Crippen MR) is 147 cm³/mol. The van der Waals surface area contributed by atoms with Crippen molar-refractivity contribution in [2.45, 2.75) is 82.1 Å². The second-order valence-electron chi connectivity index (χ2n) is 9.95. The van der Waals surface area contributed by atoms with Crippen LogP contribution in [0.3, 0.4) is 0 Å². The van der Waals surface area contributed by atoms with Crippen molar-refractivity contribution >= 4 is 24.2 Å². The van der Waals surface area contributed by atoms with Crippen molar-refractivity contribution in [3.8, 4) is 0 Å². The van der Waals surface area contributed by atoms with E-state index in [9.17, 15) is 19.2 Å². The normalized spacial score (nSPS) is 10.6. The van der Waals surface area contributed by atoms with Gasteiger partial charge in [0, 0.05) is 0 Å². The van der Waals surface area contributed by atoms with Crippen LogP contribution in [0, 0.1) is 69.2 Å². The Kier molecular flexibility index (Phi) is 12.3. The zero-order chi connectivity index (χ0) is 31.7. The lowest BCUT2D eigenvalue weighted by molar-refractivity contribution is -0.452. The summed E-state index contributed by atoms with van der Waals surface area (Å²) < 4.78 is 9.57. The Hall–Kier alpha value is -4.16. The molecule has 0 aliphatic rings. The average Bonchev–Trinajstić information content (AvgIpc) is 2.94. The Morgan fingerprint density at radius 1 is 0.405 bits per heavy atom. The molecule has 0 aliphatic carbocycles. The van der Waals surface area contributed by atoms with E-state index in [1.165, 1.54) is 0 Å². The molecule has 0 atom stereocenters. The lowest BCUT2D eigenvalue weighted by Crippen LogP contribution is -2.16. The van der Waals surface area contributed by atoms with E-state index < -0.39 is 24.2 Å². The summed E-state index contributed by atoms with van der Waals surface area (Å²) in [4.78, 5) is 66.0.